The maximum atomic E-state index is 10.3. The molecule has 0 rings (SSSR count). The molecule has 52 valence electrons. The maximum Gasteiger partial charge on any atom is 0.0372 e. The first-order valence-corrected chi connectivity index (χ1v) is 6.47. The van der Waals surface area contributed by atoms with Crippen LogP contribution in [0.1, 0.15) is 0 Å². The van der Waals surface area contributed by atoms with Gasteiger partial charge in [-0.15, -0.1) is 0 Å². The summed E-state index contributed by atoms with van der Waals surface area (Å²) in [6.45, 7) is -3.94. The second kappa shape index (κ2) is 3.42. The molecule has 0 fully saturated rings. The number of halogens is 2. The third-order valence-corrected chi connectivity index (χ3v) is 5.68. The van der Waals surface area contributed by atoms with E-state index >= 15 is 0 Å². The van der Waals surface area contributed by atoms with Gasteiger partial charge in [0.15, 0.2) is 0 Å². The van der Waals surface area contributed by atoms with Crippen LogP contribution in [0.3, 0.4) is 0 Å². The molecular weight excluding hydrogens is 194 g/mol. The van der Waals surface area contributed by atoms with Gasteiger partial charge < -0.3 is 14.3 Å². The highest BCUT2D eigenvalue weighted by atomic mass is 36.0. The SMILES string of the molecule is COP([O-])([O-])=S(Cl)Cl. The van der Waals surface area contributed by atoms with Gasteiger partial charge in [0.05, 0.1) is 0 Å². The third-order valence-electron chi connectivity index (χ3n) is 0.393. The fourth-order valence-electron chi connectivity index (χ4n) is 0.0563. The van der Waals surface area contributed by atoms with E-state index in [0.29, 0.717) is 0 Å². The van der Waals surface area contributed by atoms with Gasteiger partial charge in [-0.2, -0.15) is 0 Å². The molecule has 0 aliphatic heterocycles. The van der Waals surface area contributed by atoms with Crippen LogP contribution in [0.2, 0.25) is 0 Å². The molecule has 8 heavy (non-hydrogen) atoms. The summed E-state index contributed by atoms with van der Waals surface area (Å²) >= 11 is 0. The molecule has 0 saturated heterocycles. The average molecular weight is 197 g/mol. The molecule has 0 aliphatic rings. The Morgan fingerprint density at radius 3 is 1.88 bits per heavy atom. The second-order valence-corrected chi connectivity index (χ2v) is 8.53. The fourth-order valence-corrected chi connectivity index (χ4v) is 1.52. The molecule has 0 aromatic carbocycles. The van der Waals surface area contributed by atoms with Crippen molar-refractivity contribution in [2.24, 2.45) is 0 Å². The molecule has 0 atom stereocenters. The van der Waals surface area contributed by atoms with E-state index in [2.05, 4.69) is 4.52 Å². The van der Waals surface area contributed by atoms with Gasteiger partial charge in [0.2, 0.25) is 0 Å². The average Bonchev–Trinajstić information content (AvgIpc) is 1.67. The summed E-state index contributed by atoms with van der Waals surface area (Å²) in [5, 5.41) is 0. The zero-order valence-corrected chi connectivity index (χ0v) is 7.06. The predicted octanol–water partition coefficient (Wildman–Crippen LogP) is -0.0431. The normalized spacial score (nSPS) is 12.8. The van der Waals surface area contributed by atoms with E-state index in [4.69, 9.17) is 21.4 Å². The minimum Gasteiger partial charge on any atom is -0.814 e. The summed E-state index contributed by atoms with van der Waals surface area (Å²) in [5.74, 6) is 0. The quantitative estimate of drug-likeness (QED) is 0.554. The van der Waals surface area contributed by atoms with Crippen LogP contribution in [0.4, 0.5) is 0 Å². The Bertz CT molecular complexity index is 125. The van der Waals surface area contributed by atoms with E-state index in [1.54, 1.807) is 0 Å². The van der Waals surface area contributed by atoms with Crippen molar-refractivity contribution in [3.05, 3.63) is 0 Å². The van der Waals surface area contributed by atoms with Crippen LogP contribution in [-0.2, 0) is 13.0 Å². The first kappa shape index (κ1) is 9.24. The third kappa shape index (κ3) is 2.69. The molecule has 0 amide bonds. The van der Waals surface area contributed by atoms with Crippen molar-refractivity contribution in [2.45, 2.75) is 0 Å². The van der Waals surface area contributed by atoms with Crippen molar-refractivity contribution in [1.29, 1.82) is 0 Å². The van der Waals surface area contributed by atoms with Gasteiger partial charge >= 0.3 is 0 Å². The second-order valence-electron chi connectivity index (χ2n) is 0.826. The molecule has 0 spiro atoms. The molecule has 3 nitrogen and oxygen atoms in total. The van der Waals surface area contributed by atoms with Crippen molar-refractivity contribution >= 4 is 36.6 Å². The molecule has 0 aromatic rings. The largest absolute Gasteiger partial charge is 0.814 e. The zero-order valence-electron chi connectivity index (χ0n) is 3.84. The van der Waals surface area contributed by atoms with Crippen LogP contribution in [0.5, 0.6) is 0 Å². The minimum absolute atomic E-state index is 1.01. The van der Waals surface area contributed by atoms with Crippen LogP contribution >= 0.6 is 28.1 Å². The van der Waals surface area contributed by atoms with Gasteiger partial charge in [-0.05, 0) is 29.9 Å². The van der Waals surface area contributed by atoms with Gasteiger partial charge in [0.25, 0.3) is 0 Å². The lowest BCUT2D eigenvalue weighted by molar-refractivity contribution is -0.319. The molecule has 0 unspecified atom stereocenters. The monoisotopic (exact) mass is 196 g/mol. The fraction of sp³-hybridized carbons (Fsp3) is 1.00. The first-order valence-electron chi connectivity index (χ1n) is 1.45. The Hall–Kier alpha value is 1.24. The van der Waals surface area contributed by atoms with Crippen molar-refractivity contribution in [3.8, 4) is 0 Å². The summed E-state index contributed by atoms with van der Waals surface area (Å²) in [5.41, 5.74) is 0. The van der Waals surface area contributed by atoms with E-state index in [9.17, 15) is 9.79 Å². The smallest absolute Gasteiger partial charge is 0.0372 e. The molecule has 0 aromatic heterocycles. The molecular formula is CH3Cl2O3PS-2. The van der Waals surface area contributed by atoms with Crippen molar-refractivity contribution in [2.75, 3.05) is 7.11 Å². The van der Waals surface area contributed by atoms with Gasteiger partial charge in [-0.1, -0.05) is 6.72 Å². The highest BCUT2D eigenvalue weighted by Crippen LogP contribution is 2.36. The molecule has 0 N–H and O–H groups in total. The van der Waals surface area contributed by atoms with Crippen molar-refractivity contribution in [1.82, 2.24) is 0 Å². The molecule has 0 bridgehead atoms. The summed E-state index contributed by atoms with van der Waals surface area (Å²) in [6.07, 6.45) is 0. The molecule has 0 saturated carbocycles. The highest BCUT2D eigenvalue weighted by Gasteiger charge is 1.86. The van der Waals surface area contributed by atoms with E-state index < -0.39 is 15.2 Å². The summed E-state index contributed by atoms with van der Waals surface area (Å²) in [6, 6.07) is 0. The summed E-state index contributed by atoms with van der Waals surface area (Å²) in [7, 11) is 9.23. The van der Waals surface area contributed by atoms with Gasteiger partial charge in [0.1, 0.15) is 0 Å². The lowest BCUT2D eigenvalue weighted by Crippen LogP contribution is -2.16. The lowest BCUT2D eigenvalue weighted by Gasteiger charge is -2.36. The lowest BCUT2D eigenvalue weighted by atomic mass is 11.8. The molecule has 0 aliphatic carbocycles. The van der Waals surface area contributed by atoms with E-state index in [-0.39, 0.29) is 0 Å². The zero-order chi connectivity index (χ0) is 6.78. The first-order chi connectivity index (χ1) is 3.50. The molecule has 0 heterocycles. The van der Waals surface area contributed by atoms with Gasteiger partial charge in [-0.25, -0.2) is 0 Å². The highest BCUT2D eigenvalue weighted by molar-refractivity contribution is 8.52. The predicted molar refractivity (Wildman–Crippen MR) is 33.0 cm³/mol. The Balaban J connectivity index is 4.33. The van der Waals surface area contributed by atoms with Crippen LogP contribution in [0, 0.1) is 0 Å². The van der Waals surface area contributed by atoms with E-state index in [0.717, 1.165) is 7.11 Å². The summed E-state index contributed by atoms with van der Waals surface area (Å²) < 4.78 is 3.95. The number of hydrogen-bond donors (Lipinski definition) is 0. The number of hydrogen-bond acceptors (Lipinski definition) is 3. The van der Waals surface area contributed by atoms with Crippen molar-refractivity contribution < 1.29 is 14.3 Å². The van der Waals surface area contributed by atoms with E-state index in [1.165, 1.54) is 0 Å². The maximum absolute atomic E-state index is 10.3. The van der Waals surface area contributed by atoms with Crippen LogP contribution < -0.4 is 9.79 Å². The Morgan fingerprint density at radius 1 is 1.50 bits per heavy atom. The van der Waals surface area contributed by atoms with Gasteiger partial charge in [0, 0.05) is 7.11 Å². The van der Waals surface area contributed by atoms with Crippen LogP contribution in [0.15, 0.2) is 0 Å². The Kier molecular flexibility index (Phi) is 3.95. The Morgan fingerprint density at radius 2 is 1.88 bits per heavy atom. The minimum atomic E-state index is -3.94. The molecule has 7 heteroatoms. The molecule has 0 radical (unpaired) electrons. The van der Waals surface area contributed by atoms with Gasteiger partial charge in [-0.3, -0.25) is 0 Å². The van der Waals surface area contributed by atoms with Crippen LogP contribution in [0.25, 0.3) is 0 Å². The standard InChI is InChI=1S/CH3Cl2O3PS/c1-6-7(4,5)8(2)3/h1H3/q-2. The van der Waals surface area contributed by atoms with Crippen LogP contribution in [-0.4, -0.2) is 7.11 Å². The topological polar surface area (TPSA) is 55.3 Å². The Labute approximate surface area is 58.4 Å². The number of rotatable bonds is 1. The van der Waals surface area contributed by atoms with E-state index in [1.807, 2.05) is 0 Å². The summed E-state index contributed by atoms with van der Waals surface area (Å²) in [4.78, 5) is 20.5. The van der Waals surface area contributed by atoms with Crippen molar-refractivity contribution in [3.63, 3.8) is 0 Å².